The van der Waals surface area contributed by atoms with Crippen LogP contribution in [0.5, 0.6) is 5.75 Å². The third-order valence-electron chi connectivity index (χ3n) is 5.29. The fraction of sp³-hybridized carbons (Fsp3) is 0.364. The van der Waals surface area contributed by atoms with Gasteiger partial charge in [0.15, 0.2) is 6.61 Å². The summed E-state index contributed by atoms with van der Waals surface area (Å²) in [5, 5.41) is 17.5. The van der Waals surface area contributed by atoms with E-state index in [1.54, 1.807) is 12.1 Å². The standard InChI is InChI=1S/C22H27N7O2/c1-2-28-12-4-5-19(14-28)24-17-8-10-18(11-9-17)25-22(30)15-31-21-7-3-6-20(13-21)29-16-23-26-27-29/h3,6-11,13,16,19,24H,2,4-5,12,14-15H2,1H3,(H,25,30). The van der Waals surface area contributed by atoms with Crippen LogP contribution in [0.4, 0.5) is 11.4 Å². The average Bonchev–Trinajstić information content (AvgIpc) is 3.35. The molecule has 1 aliphatic rings. The van der Waals surface area contributed by atoms with Gasteiger partial charge >= 0.3 is 0 Å². The van der Waals surface area contributed by atoms with Crippen LogP contribution in [0, 0.1) is 0 Å². The van der Waals surface area contributed by atoms with Gasteiger partial charge < -0.3 is 20.3 Å². The number of piperidine rings is 1. The van der Waals surface area contributed by atoms with Crippen molar-refractivity contribution in [3.8, 4) is 11.4 Å². The number of carbonyl (C=O) groups is 1. The van der Waals surface area contributed by atoms with E-state index in [0.29, 0.717) is 11.8 Å². The summed E-state index contributed by atoms with van der Waals surface area (Å²) in [6, 6.07) is 15.5. The van der Waals surface area contributed by atoms with Gasteiger partial charge in [0.05, 0.1) is 5.69 Å². The van der Waals surface area contributed by atoms with Crippen molar-refractivity contribution in [3.05, 3.63) is 54.9 Å². The maximum absolute atomic E-state index is 12.3. The summed E-state index contributed by atoms with van der Waals surface area (Å²) in [5.74, 6) is 0.343. The Kier molecular flexibility index (Phi) is 6.73. The van der Waals surface area contributed by atoms with Crippen LogP contribution in [0.25, 0.3) is 5.69 Å². The molecule has 31 heavy (non-hydrogen) atoms. The lowest BCUT2D eigenvalue weighted by atomic mass is 10.1. The minimum atomic E-state index is -0.223. The molecule has 1 amide bonds. The molecule has 4 rings (SSSR count). The van der Waals surface area contributed by atoms with Gasteiger partial charge in [0.25, 0.3) is 5.91 Å². The second kappa shape index (κ2) is 10.0. The van der Waals surface area contributed by atoms with Crippen molar-refractivity contribution in [1.29, 1.82) is 0 Å². The Morgan fingerprint density at radius 3 is 2.81 bits per heavy atom. The summed E-state index contributed by atoms with van der Waals surface area (Å²) in [5.41, 5.74) is 2.56. The smallest absolute Gasteiger partial charge is 0.262 e. The van der Waals surface area contributed by atoms with Crippen LogP contribution in [-0.4, -0.2) is 63.3 Å². The van der Waals surface area contributed by atoms with Gasteiger partial charge in [-0.3, -0.25) is 4.79 Å². The molecular formula is C22H27N7O2. The molecule has 3 aromatic rings. The predicted molar refractivity (Wildman–Crippen MR) is 118 cm³/mol. The molecule has 162 valence electrons. The number of tetrazole rings is 1. The van der Waals surface area contributed by atoms with Crippen molar-refractivity contribution in [2.75, 3.05) is 36.9 Å². The summed E-state index contributed by atoms with van der Waals surface area (Å²) in [6.07, 6.45) is 3.90. The topological polar surface area (TPSA) is 97.2 Å². The van der Waals surface area contributed by atoms with Crippen molar-refractivity contribution in [1.82, 2.24) is 25.1 Å². The zero-order chi connectivity index (χ0) is 21.5. The van der Waals surface area contributed by atoms with Crippen LogP contribution in [-0.2, 0) is 4.79 Å². The third-order valence-corrected chi connectivity index (χ3v) is 5.29. The number of nitrogens with one attached hydrogen (secondary N) is 2. The first-order valence-corrected chi connectivity index (χ1v) is 10.5. The summed E-state index contributed by atoms with van der Waals surface area (Å²) < 4.78 is 7.14. The molecule has 1 unspecified atom stereocenters. The van der Waals surface area contributed by atoms with Gasteiger partial charge in [-0.05, 0) is 72.8 Å². The quantitative estimate of drug-likeness (QED) is 0.577. The van der Waals surface area contributed by atoms with Crippen LogP contribution in [0.15, 0.2) is 54.9 Å². The summed E-state index contributed by atoms with van der Waals surface area (Å²) in [7, 11) is 0. The zero-order valence-electron chi connectivity index (χ0n) is 17.6. The van der Waals surface area contributed by atoms with E-state index in [2.05, 4.69) is 38.0 Å². The van der Waals surface area contributed by atoms with Gasteiger partial charge in [-0.2, -0.15) is 0 Å². The Balaban J connectivity index is 1.26. The lowest BCUT2D eigenvalue weighted by Crippen LogP contribution is -2.41. The molecule has 2 N–H and O–H groups in total. The SMILES string of the molecule is CCN1CCCC(Nc2ccc(NC(=O)COc3cccc(-n4cnnn4)c3)cc2)C1. The molecule has 2 heterocycles. The fourth-order valence-corrected chi connectivity index (χ4v) is 3.69. The number of rotatable bonds is 8. The van der Waals surface area contributed by atoms with Crippen LogP contribution in [0.1, 0.15) is 19.8 Å². The van der Waals surface area contributed by atoms with Gasteiger partial charge in [0, 0.05) is 30.0 Å². The molecule has 0 bridgehead atoms. The van der Waals surface area contributed by atoms with Crippen LogP contribution >= 0.6 is 0 Å². The predicted octanol–water partition coefficient (Wildman–Crippen LogP) is 2.58. The second-order valence-corrected chi connectivity index (χ2v) is 7.54. The Bertz CT molecular complexity index is 976. The van der Waals surface area contributed by atoms with E-state index < -0.39 is 0 Å². The van der Waals surface area contributed by atoms with Crippen LogP contribution in [0.2, 0.25) is 0 Å². The number of benzene rings is 2. The minimum absolute atomic E-state index is 0.0893. The molecule has 1 atom stereocenters. The monoisotopic (exact) mass is 421 g/mol. The normalized spacial score (nSPS) is 16.6. The Morgan fingerprint density at radius 1 is 1.19 bits per heavy atom. The lowest BCUT2D eigenvalue weighted by molar-refractivity contribution is -0.118. The molecule has 0 aliphatic carbocycles. The maximum atomic E-state index is 12.3. The highest BCUT2D eigenvalue weighted by molar-refractivity contribution is 5.92. The first kappa shape index (κ1) is 20.8. The lowest BCUT2D eigenvalue weighted by Gasteiger charge is -2.32. The Labute approximate surface area is 181 Å². The largest absolute Gasteiger partial charge is 0.484 e. The number of likely N-dealkylation sites (N-methyl/N-ethyl adjacent to an activating group) is 1. The van der Waals surface area contributed by atoms with E-state index in [4.69, 9.17) is 4.74 Å². The molecule has 0 saturated carbocycles. The van der Waals surface area contributed by atoms with E-state index in [-0.39, 0.29) is 12.5 Å². The summed E-state index contributed by atoms with van der Waals surface area (Å²) in [4.78, 5) is 14.7. The number of nitrogens with zero attached hydrogens (tertiary/aromatic N) is 5. The van der Waals surface area contributed by atoms with Gasteiger partial charge in [0.1, 0.15) is 12.1 Å². The number of ether oxygens (including phenoxy) is 1. The average molecular weight is 422 g/mol. The molecule has 1 fully saturated rings. The van der Waals surface area contributed by atoms with E-state index in [1.807, 2.05) is 36.4 Å². The molecule has 1 saturated heterocycles. The van der Waals surface area contributed by atoms with E-state index in [9.17, 15) is 4.79 Å². The summed E-state index contributed by atoms with van der Waals surface area (Å²) in [6.45, 7) is 5.46. The fourth-order valence-electron chi connectivity index (χ4n) is 3.69. The van der Waals surface area contributed by atoms with Crippen LogP contribution in [0.3, 0.4) is 0 Å². The highest BCUT2D eigenvalue weighted by atomic mass is 16.5. The van der Waals surface area contributed by atoms with Gasteiger partial charge in [-0.25, -0.2) is 4.68 Å². The number of anilines is 2. The van der Waals surface area contributed by atoms with E-state index in [0.717, 1.165) is 30.2 Å². The van der Waals surface area contributed by atoms with Crippen molar-refractivity contribution >= 4 is 17.3 Å². The third kappa shape index (κ3) is 5.79. The van der Waals surface area contributed by atoms with Gasteiger partial charge in [0.2, 0.25) is 0 Å². The van der Waals surface area contributed by atoms with E-state index >= 15 is 0 Å². The highest BCUT2D eigenvalue weighted by Gasteiger charge is 2.18. The number of hydrogen-bond donors (Lipinski definition) is 2. The Hall–Kier alpha value is -3.46. The van der Waals surface area contributed by atoms with Crippen molar-refractivity contribution in [2.45, 2.75) is 25.8 Å². The number of hydrogen-bond acceptors (Lipinski definition) is 7. The first-order valence-electron chi connectivity index (χ1n) is 10.5. The van der Waals surface area contributed by atoms with E-state index in [1.165, 1.54) is 30.4 Å². The maximum Gasteiger partial charge on any atom is 0.262 e. The first-order chi connectivity index (χ1) is 15.2. The number of carbonyl (C=O) groups excluding carboxylic acids is 1. The molecule has 1 aromatic heterocycles. The minimum Gasteiger partial charge on any atom is -0.484 e. The Morgan fingerprint density at radius 2 is 2.03 bits per heavy atom. The van der Waals surface area contributed by atoms with Crippen molar-refractivity contribution < 1.29 is 9.53 Å². The molecule has 1 aliphatic heterocycles. The van der Waals surface area contributed by atoms with Gasteiger partial charge in [-0.15, -0.1) is 5.10 Å². The van der Waals surface area contributed by atoms with Crippen molar-refractivity contribution in [2.24, 2.45) is 0 Å². The highest BCUT2D eigenvalue weighted by Crippen LogP contribution is 2.19. The molecule has 0 spiro atoms. The zero-order valence-corrected chi connectivity index (χ0v) is 17.6. The van der Waals surface area contributed by atoms with Gasteiger partial charge in [-0.1, -0.05) is 13.0 Å². The number of amides is 1. The number of likely N-dealkylation sites (tertiary alicyclic amines) is 1. The van der Waals surface area contributed by atoms with Crippen molar-refractivity contribution in [3.63, 3.8) is 0 Å². The summed E-state index contributed by atoms with van der Waals surface area (Å²) >= 11 is 0. The molecule has 0 radical (unpaired) electrons. The molecular weight excluding hydrogens is 394 g/mol. The number of aromatic nitrogens is 4. The molecule has 9 nitrogen and oxygen atoms in total. The second-order valence-electron chi connectivity index (χ2n) is 7.54. The molecule has 2 aromatic carbocycles. The van der Waals surface area contributed by atoms with Crippen LogP contribution < -0.4 is 15.4 Å². The molecule has 9 heteroatoms.